The summed E-state index contributed by atoms with van der Waals surface area (Å²) in [5.41, 5.74) is -0.277. The molecule has 2 aliphatic rings. The lowest BCUT2D eigenvalue weighted by Crippen LogP contribution is -2.51. The third-order valence-electron chi connectivity index (χ3n) is 3.86. The summed E-state index contributed by atoms with van der Waals surface area (Å²) < 4.78 is 0. The number of aromatic carboxylic acids is 1. The minimum absolute atomic E-state index is 0.0792. The molecule has 1 aliphatic heterocycles. The number of imidazole rings is 1. The Morgan fingerprint density at radius 3 is 2.33 bits per heavy atom. The standard InChI is InChI=1S/C13H16N4O4/c18-11(8-1-2-8)16-3-5-17(6-4-16)12(19)9-10(13(20)21)15-7-14-9/h7-8H,1-6H2,(H,14,15)(H,20,21). The molecule has 1 saturated carbocycles. The van der Waals surface area contributed by atoms with Gasteiger partial charge in [-0.2, -0.15) is 0 Å². The second-order valence-corrected chi connectivity index (χ2v) is 5.32. The molecule has 1 saturated heterocycles. The third-order valence-corrected chi connectivity index (χ3v) is 3.86. The summed E-state index contributed by atoms with van der Waals surface area (Å²) in [6.07, 6.45) is 3.13. The first-order chi connectivity index (χ1) is 10.1. The molecular formula is C13H16N4O4. The molecule has 1 aliphatic carbocycles. The van der Waals surface area contributed by atoms with Gasteiger partial charge in [-0.3, -0.25) is 9.59 Å². The first kappa shape index (κ1) is 13.6. The van der Waals surface area contributed by atoms with E-state index in [2.05, 4.69) is 9.97 Å². The number of carbonyl (C=O) groups excluding carboxylic acids is 2. The summed E-state index contributed by atoms with van der Waals surface area (Å²) in [5.74, 6) is -1.27. The van der Waals surface area contributed by atoms with Gasteiger partial charge >= 0.3 is 5.97 Å². The van der Waals surface area contributed by atoms with E-state index in [0.717, 1.165) is 12.8 Å². The van der Waals surface area contributed by atoms with Crippen LogP contribution in [0.2, 0.25) is 0 Å². The van der Waals surface area contributed by atoms with E-state index >= 15 is 0 Å². The van der Waals surface area contributed by atoms with Crippen molar-refractivity contribution in [3.05, 3.63) is 17.7 Å². The molecule has 0 aromatic carbocycles. The van der Waals surface area contributed by atoms with E-state index < -0.39 is 11.9 Å². The second kappa shape index (κ2) is 5.19. The molecule has 2 N–H and O–H groups in total. The first-order valence-corrected chi connectivity index (χ1v) is 6.92. The van der Waals surface area contributed by atoms with Crippen molar-refractivity contribution in [3.8, 4) is 0 Å². The Balaban J connectivity index is 1.63. The number of carboxylic acids is 1. The lowest BCUT2D eigenvalue weighted by atomic mass is 10.2. The number of amides is 2. The number of H-pyrrole nitrogens is 1. The summed E-state index contributed by atoms with van der Waals surface area (Å²) in [4.78, 5) is 44.8. The number of hydrogen-bond donors (Lipinski definition) is 2. The summed E-state index contributed by atoms with van der Waals surface area (Å²) in [7, 11) is 0. The summed E-state index contributed by atoms with van der Waals surface area (Å²) in [5, 5.41) is 8.99. The van der Waals surface area contributed by atoms with Crippen LogP contribution in [-0.4, -0.2) is 68.8 Å². The molecule has 8 heteroatoms. The zero-order valence-electron chi connectivity index (χ0n) is 11.4. The molecule has 21 heavy (non-hydrogen) atoms. The van der Waals surface area contributed by atoms with Crippen LogP contribution < -0.4 is 0 Å². The van der Waals surface area contributed by atoms with Gasteiger partial charge in [-0.1, -0.05) is 0 Å². The van der Waals surface area contributed by atoms with Gasteiger partial charge in [-0.15, -0.1) is 0 Å². The monoisotopic (exact) mass is 292 g/mol. The highest BCUT2D eigenvalue weighted by molar-refractivity contribution is 6.02. The normalized spacial score (nSPS) is 18.7. The zero-order chi connectivity index (χ0) is 15.0. The van der Waals surface area contributed by atoms with Crippen molar-refractivity contribution in [2.75, 3.05) is 26.2 Å². The molecule has 0 atom stereocenters. The van der Waals surface area contributed by atoms with E-state index in [0.29, 0.717) is 26.2 Å². The summed E-state index contributed by atoms with van der Waals surface area (Å²) in [6.45, 7) is 1.80. The molecule has 1 aromatic rings. The minimum atomic E-state index is -1.21. The number of rotatable bonds is 3. The molecular weight excluding hydrogens is 276 g/mol. The Labute approximate surface area is 120 Å². The minimum Gasteiger partial charge on any atom is -0.477 e. The van der Waals surface area contributed by atoms with Gasteiger partial charge in [0, 0.05) is 32.1 Å². The highest BCUT2D eigenvalue weighted by atomic mass is 16.4. The van der Waals surface area contributed by atoms with E-state index in [-0.39, 0.29) is 23.2 Å². The van der Waals surface area contributed by atoms with E-state index in [1.165, 1.54) is 6.33 Å². The number of carboxylic acid groups (broad SMARTS) is 1. The summed E-state index contributed by atoms with van der Waals surface area (Å²) >= 11 is 0. The second-order valence-electron chi connectivity index (χ2n) is 5.32. The van der Waals surface area contributed by atoms with Crippen LogP contribution in [0.3, 0.4) is 0 Å². The fourth-order valence-corrected chi connectivity index (χ4v) is 2.49. The highest BCUT2D eigenvalue weighted by Gasteiger charge is 2.35. The molecule has 112 valence electrons. The fourth-order valence-electron chi connectivity index (χ4n) is 2.49. The predicted molar refractivity (Wildman–Crippen MR) is 70.8 cm³/mol. The van der Waals surface area contributed by atoms with Gasteiger partial charge in [0.1, 0.15) is 0 Å². The average Bonchev–Trinajstić information content (AvgIpc) is 3.22. The molecule has 0 radical (unpaired) electrons. The van der Waals surface area contributed by atoms with Crippen molar-refractivity contribution in [2.24, 2.45) is 5.92 Å². The van der Waals surface area contributed by atoms with Crippen LogP contribution in [0.4, 0.5) is 0 Å². The Morgan fingerprint density at radius 2 is 1.76 bits per heavy atom. The molecule has 0 spiro atoms. The van der Waals surface area contributed by atoms with Gasteiger partial charge in [-0.05, 0) is 12.8 Å². The van der Waals surface area contributed by atoms with Crippen LogP contribution in [0, 0.1) is 5.92 Å². The maximum Gasteiger partial charge on any atom is 0.354 e. The van der Waals surface area contributed by atoms with Gasteiger partial charge in [0.25, 0.3) is 5.91 Å². The Bertz CT molecular complexity index is 585. The van der Waals surface area contributed by atoms with Crippen LogP contribution >= 0.6 is 0 Å². The van der Waals surface area contributed by atoms with Crippen molar-refractivity contribution < 1.29 is 19.5 Å². The topological polar surface area (TPSA) is 107 Å². The van der Waals surface area contributed by atoms with Crippen LogP contribution in [0.25, 0.3) is 0 Å². The molecule has 3 rings (SSSR count). The van der Waals surface area contributed by atoms with Crippen molar-refractivity contribution in [1.82, 2.24) is 19.8 Å². The molecule has 2 heterocycles. The molecule has 0 bridgehead atoms. The molecule has 2 fully saturated rings. The Kier molecular flexibility index (Phi) is 3.36. The maximum absolute atomic E-state index is 12.3. The molecule has 1 aromatic heterocycles. The van der Waals surface area contributed by atoms with E-state index in [4.69, 9.17) is 5.11 Å². The number of nitrogens with zero attached hydrogens (tertiary/aromatic N) is 3. The fraction of sp³-hybridized carbons (Fsp3) is 0.538. The van der Waals surface area contributed by atoms with E-state index in [9.17, 15) is 14.4 Å². The maximum atomic E-state index is 12.3. The van der Waals surface area contributed by atoms with Crippen molar-refractivity contribution in [2.45, 2.75) is 12.8 Å². The molecule has 0 unspecified atom stereocenters. The summed E-state index contributed by atoms with van der Waals surface area (Å²) in [6, 6.07) is 0. The Morgan fingerprint density at radius 1 is 1.14 bits per heavy atom. The van der Waals surface area contributed by atoms with Gasteiger partial charge < -0.3 is 19.9 Å². The van der Waals surface area contributed by atoms with Gasteiger partial charge in [-0.25, -0.2) is 9.78 Å². The predicted octanol–water partition coefficient (Wildman–Crippen LogP) is -0.198. The third kappa shape index (κ3) is 2.61. The lowest BCUT2D eigenvalue weighted by molar-refractivity contribution is -0.134. The van der Waals surface area contributed by atoms with Crippen molar-refractivity contribution in [3.63, 3.8) is 0 Å². The zero-order valence-corrected chi connectivity index (χ0v) is 11.4. The number of carbonyl (C=O) groups is 3. The van der Waals surface area contributed by atoms with Gasteiger partial charge in [0.2, 0.25) is 5.91 Å². The van der Waals surface area contributed by atoms with Crippen LogP contribution in [0.5, 0.6) is 0 Å². The quantitative estimate of drug-likeness (QED) is 0.802. The van der Waals surface area contributed by atoms with Crippen molar-refractivity contribution >= 4 is 17.8 Å². The number of aromatic amines is 1. The lowest BCUT2D eigenvalue weighted by Gasteiger charge is -2.34. The van der Waals surface area contributed by atoms with Gasteiger partial charge in [0.15, 0.2) is 11.4 Å². The largest absolute Gasteiger partial charge is 0.477 e. The number of hydrogen-bond acceptors (Lipinski definition) is 4. The molecule has 2 amide bonds. The average molecular weight is 292 g/mol. The van der Waals surface area contributed by atoms with Crippen LogP contribution in [0.15, 0.2) is 6.33 Å². The van der Waals surface area contributed by atoms with Crippen LogP contribution in [-0.2, 0) is 4.79 Å². The Hall–Kier alpha value is -2.38. The van der Waals surface area contributed by atoms with Gasteiger partial charge in [0.05, 0.1) is 6.33 Å². The number of nitrogens with one attached hydrogen (secondary N) is 1. The number of aromatic nitrogens is 2. The van der Waals surface area contributed by atoms with E-state index in [1.54, 1.807) is 9.80 Å². The van der Waals surface area contributed by atoms with Crippen molar-refractivity contribution in [1.29, 1.82) is 0 Å². The number of piperazine rings is 1. The van der Waals surface area contributed by atoms with E-state index in [1.807, 2.05) is 0 Å². The molecule has 8 nitrogen and oxygen atoms in total. The SMILES string of the molecule is O=C(O)c1[nH]cnc1C(=O)N1CCN(C(=O)C2CC2)CC1. The highest BCUT2D eigenvalue weighted by Crippen LogP contribution is 2.31. The first-order valence-electron chi connectivity index (χ1n) is 6.92. The van der Waals surface area contributed by atoms with Crippen LogP contribution in [0.1, 0.15) is 33.8 Å². The smallest absolute Gasteiger partial charge is 0.354 e.